The Labute approximate surface area is 107 Å². The van der Waals surface area contributed by atoms with Crippen LogP contribution in [0, 0.1) is 5.82 Å². The first-order chi connectivity index (χ1) is 8.61. The molecule has 1 rings (SSSR count). The van der Waals surface area contributed by atoms with Gasteiger partial charge in [-0.2, -0.15) is 0 Å². The predicted molar refractivity (Wildman–Crippen MR) is 70.9 cm³/mol. The molecule has 0 saturated carbocycles. The zero-order chi connectivity index (χ0) is 13.5. The molecule has 100 valence electrons. The molecule has 0 spiro atoms. The van der Waals surface area contributed by atoms with Crippen LogP contribution in [0.5, 0.6) is 0 Å². The number of hydrogen-bond donors (Lipinski definition) is 2. The number of para-hydroxylation sites is 1. The van der Waals surface area contributed by atoms with Gasteiger partial charge in [-0.3, -0.25) is 4.79 Å². The second-order valence-corrected chi connectivity index (χ2v) is 4.08. The molecule has 0 aromatic heterocycles. The average molecular weight is 253 g/mol. The summed E-state index contributed by atoms with van der Waals surface area (Å²) in [5, 5.41) is 2.58. The van der Waals surface area contributed by atoms with Crippen LogP contribution in [0.2, 0.25) is 0 Å². The van der Waals surface area contributed by atoms with E-state index in [0.29, 0.717) is 25.2 Å². The van der Waals surface area contributed by atoms with Crippen molar-refractivity contribution in [2.45, 2.75) is 19.4 Å². The van der Waals surface area contributed by atoms with E-state index < -0.39 is 6.04 Å². The molecule has 18 heavy (non-hydrogen) atoms. The molecule has 5 heteroatoms. The highest BCUT2D eigenvalue weighted by molar-refractivity contribution is 5.84. The van der Waals surface area contributed by atoms with Crippen LogP contribution in [-0.4, -0.2) is 32.1 Å². The first-order valence-electron chi connectivity index (χ1n) is 6.04. The Hall–Kier alpha value is -1.62. The van der Waals surface area contributed by atoms with Crippen LogP contribution in [-0.2, 0) is 4.79 Å². The first kappa shape index (κ1) is 14.4. The van der Waals surface area contributed by atoms with Crippen molar-refractivity contribution in [2.75, 3.05) is 25.0 Å². The third-order valence-corrected chi connectivity index (χ3v) is 2.86. The fraction of sp³-hybridized carbons (Fsp3) is 0.462. The molecule has 1 aromatic carbocycles. The van der Waals surface area contributed by atoms with Gasteiger partial charge in [0, 0.05) is 13.6 Å². The zero-order valence-electron chi connectivity index (χ0n) is 10.8. The molecule has 0 bridgehead atoms. The van der Waals surface area contributed by atoms with Crippen LogP contribution in [0.3, 0.4) is 0 Å². The summed E-state index contributed by atoms with van der Waals surface area (Å²) in [6.07, 6.45) is 0.704. The van der Waals surface area contributed by atoms with Crippen molar-refractivity contribution < 1.29 is 9.18 Å². The number of halogens is 1. The lowest BCUT2D eigenvalue weighted by atomic mass is 10.2. The average Bonchev–Trinajstić information content (AvgIpc) is 2.39. The molecule has 0 heterocycles. The number of anilines is 1. The molecule has 0 radical (unpaired) electrons. The van der Waals surface area contributed by atoms with Crippen LogP contribution in [0.15, 0.2) is 24.3 Å². The Bertz CT molecular complexity index is 398. The van der Waals surface area contributed by atoms with Crippen molar-refractivity contribution in [1.29, 1.82) is 0 Å². The zero-order valence-corrected chi connectivity index (χ0v) is 10.8. The standard InChI is InChI=1S/C13H20FN3O/c1-10(13(18)16-2)17(9-5-8-15)12-7-4-3-6-11(12)14/h3-4,6-7,10H,5,8-9,15H2,1-2H3,(H,16,18). The van der Waals surface area contributed by atoms with Gasteiger partial charge in [0.15, 0.2) is 0 Å². The second-order valence-electron chi connectivity index (χ2n) is 4.08. The molecule has 4 nitrogen and oxygen atoms in total. The Morgan fingerprint density at radius 3 is 2.72 bits per heavy atom. The lowest BCUT2D eigenvalue weighted by Crippen LogP contribution is -2.45. The number of nitrogens with two attached hydrogens (primary N) is 1. The summed E-state index contributed by atoms with van der Waals surface area (Å²) < 4.78 is 13.8. The third kappa shape index (κ3) is 3.43. The topological polar surface area (TPSA) is 58.4 Å². The van der Waals surface area contributed by atoms with Crippen molar-refractivity contribution in [3.8, 4) is 0 Å². The predicted octanol–water partition coefficient (Wildman–Crippen LogP) is 1.12. The minimum atomic E-state index is -0.432. The molecule has 0 fully saturated rings. The summed E-state index contributed by atoms with van der Waals surface area (Å²) in [6, 6.07) is 6.01. The van der Waals surface area contributed by atoms with Crippen LogP contribution >= 0.6 is 0 Å². The molecular weight excluding hydrogens is 233 g/mol. The summed E-state index contributed by atoms with van der Waals surface area (Å²) in [5.41, 5.74) is 5.91. The SMILES string of the molecule is CNC(=O)C(C)N(CCCN)c1ccccc1F. The number of nitrogens with zero attached hydrogens (tertiary/aromatic N) is 1. The minimum Gasteiger partial charge on any atom is -0.357 e. The number of carbonyl (C=O) groups excluding carboxylic acids is 1. The summed E-state index contributed by atoms with van der Waals surface area (Å²) in [4.78, 5) is 13.4. The number of amides is 1. The fourth-order valence-corrected chi connectivity index (χ4v) is 1.82. The maximum atomic E-state index is 13.8. The quantitative estimate of drug-likeness (QED) is 0.798. The summed E-state index contributed by atoms with van der Waals surface area (Å²) in [5.74, 6) is -0.472. The number of likely N-dealkylation sites (N-methyl/N-ethyl adjacent to an activating group) is 1. The Balaban J connectivity index is 2.97. The monoisotopic (exact) mass is 253 g/mol. The smallest absolute Gasteiger partial charge is 0.242 e. The molecule has 0 aliphatic heterocycles. The molecular formula is C13H20FN3O. The maximum absolute atomic E-state index is 13.8. The fourth-order valence-electron chi connectivity index (χ4n) is 1.82. The summed E-state index contributed by atoms with van der Waals surface area (Å²) in [6.45, 7) is 2.80. The van der Waals surface area contributed by atoms with Crippen molar-refractivity contribution in [2.24, 2.45) is 5.73 Å². The van der Waals surface area contributed by atoms with Crippen LogP contribution in [0.1, 0.15) is 13.3 Å². The minimum absolute atomic E-state index is 0.143. The third-order valence-electron chi connectivity index (χ3n) is 2.86. The Morgan fingerprint density at radius 2 is 2.17 bits per heavy atom. The van der Waals surface area contributed by atoms with E-state index in [1.165, 1.54) is 6.07 Å². The highest BCUT2D eigenvalue weighted by Crippen LogP contribution is 2.21. The van der Waals surface area contributed by atoms with E-state index in [-0.39, 0.29) is 11.7 Å². The van der Waals surface area contributed by atoms with E-state index in [0.717, 1.165) is 0 Å². The van der Waals surface area contributed by atoms with Gasteiger partial charge in [0.05, 0.1) is 5.69 Å². The van der Waals surface area contributed by atoms with E-state index in [4.69, 9.17) is 5.73 Å². The van der Waals surface area contributed by atoms with E-state index in [2.05, 4.69) is 5.32 Å². The van der Waals surface area contributed by atoms with Crippen LogP contribution in [0.25, 0.3) is 0 Å². The number of rotatable bonds is 6. The van der Waals surface area contributed by atoms with Gasteiger partial charge in [-0.1, -0.05) is 12.1 Å². The van der Waals surface area contributed by atoms with Crippen molar-refractivity contribution >= 4 is 11.6 Å². The van der Waals surface area contributed by atoms with Crippen molar-refractivity contribution in [3.05, 3.63) is 30.1 Å². The second kappa shape index (κ2) is 6.96. The largest absolute Gasteiger partial charge is 0.357 e. The van der Waals surface area contributed by atoms with Gasteiger partial charge in [0.1, 0.15) is 11.9 Å². The normalized spacial score (nSPS) is 12.0. The van der Waals surface area contributed by atoms with E-state index >= 15 is 0 Å². The van der Waals surface area contributed by atoms with Gasteiger partial charge >= 0.3 is 0 Å². The maximum Gasteiger partial charge on any atom is 0.242 e. The molecule has 1 atom stereocenters. The Kier molecular flexibility index (Phi) is 5.58. The molecule has 0 saturated heterocycles. The highest BCUT2D eigenvalue weighted by atomic mass is 19.1. The number of hydrogen-bond acceptors (Lipinski definition) is 3. The van der Waals surface area contributed by atoms with Crippen molar-refractivity contribution in [3.63, 3.8) is 0 Å². The van der Waals surface area contributed by atoms with Gasteiger partial charge < -0.3 is 16.0 Å². The Morgan fingerprint density at radius 1 is 1.50 bits per heavy atom. The molecule has 1 amide bonds. The lowest BCUT2D eigenvalue weighted by Gasteiger charge is -2.30. The highest BCUT2D eigenvalue weighted by Gasteiger charge is 2.22. The van der Waals surface area contributed by atoms with E-state index in [1.54, 1.807) is 37.1 Å². The molecule has 3 N–H and O–H groups in total. The number of nitrogens with one attached hydrogen (secondary N) is 1. The van der Waals surface area contributed by atoms with E-state index in [1.807, 2.05) is 0 Å². The van der Waals surface area contributed by atoms with Crippen LogP contribution in [0.4, 0.5) is 10.1 Å². The van der Waals surface area contributed by atoms with Gasteiger partial charge in [-0.05, 0) is 32.0 Å². The molecule has 0 aliphatic carbocycles. The lowest BCUT2D eigenvalue weighted by molar-refractivity contribution is -0.121. The van der Waals surface area contributed by atoms with Gasteiger partial charge in [-0.25, -0.2) is 4.39 Å². The van der Waals surface area contributed by atoms with Gasteiger partial charge in [0.25, 0.3) is 0 Å². The molecule has 0 aliphatic rings. The van der Waals surface area contributed by atoms with Gasteiger partial charge in [0.2, 0.25) is 5.91 Å². The summed E-state index contributed by atoms with van der Waals surface area (Å²) in [7, 11) is 1.57. The molecule has 1 unspecified atom stereocenters. The first-order valence-corrected chi connectivity index (χ1v) is 6.04. The summed E-state index contributed by atoms with van der Waals surface area (Å²) >= 11 is 0. The number of carbonyl (C=O) groups is 1. The molecule has 1 aromatic rings. The number of benzene rings is 1. The van der Waals surface area contributed by atoms with Gasteiger partial charge in [-0.15, -0.1) is 0 Å². The van der Waals surface area contributed by atoms with E-state index in [9.17, 15) is 9.18 Å². The van der Waals surface area contributed by atoms with Crippen LogP contribution < -0.4 is 16.0 Å². The van der Waals surface area contributed by atoms with Crippen molar-refractivity contribution in [1.82, 2.24) is 5.32 Å².